The molecule has 0 aliphatic carbocycles. The topological polar surface area (TPSA) is 92.4 Å². The third-order valence-corrected chi connectivity index (χ3v) is 4.55. The first-order chi connectivity index (χ1) is 13.0. The minimum atomic E-state index is -1.03. The van der Waals surface area contributed by atoms with E-state index in [0.29, 0.717) is 29.7 Å². The molecule has 0 aromatic heterocycles. The van der Waals surface area contributed by atoms with Crippen LogP contribution in [0.4, 0.5) is 5.69 Å². The van der Waals surface area contributed by atoms with Gasteiger partial charge in [0.25, 0.3) is 5.91 Å². The molecule has 0 unspecified atom stereocenters. The highest BCUT2D eigenvalue weighted by Gasteiger charge is 2.22. The number of fused-ring (bicyclic) bond motifs is 1. The largest absolute Gasteiger partial charge is 0.480 e. The van der Waals surface area contributed by atoms with Crippen molar-refractivity contribution in [3.05, 3.63) is 66.2 Å². The number of carbonyl (C=O) groups is 2. The molecule has 0 aliphatic rings. The highest BCUT2D eigenvalue weighted by atomic mass is 16.4. The number of nitrogen functional groups attached to an aromatic ring is 1. The van der Waals surface area contributed by atoms with E-state index in [0.717, 1.165) is 16.3 Å². The Bertz CT molecular complexity index is 993. The summed E-state index contributed by atoms with van der Waals surface area (Å²) >= 11 is 0. The number of aliphatic carboxylic acids is 1. The number of nitrogens with one attached hydrogen (secondary N) is 1. The number of benzene rings is 3. The standard InChI is InChI=1S/C22H22N2O3/c1-2-6-20(22(26)27)24-21(25)18-12-11-15(23)13-19(18)17-10-5-8-14-7-3-4-9-16(14)17/h3-5,7-13,20H,2,6,23H2,1H3,(H,24,25)(H,26,27)/t20-/m0/s1. The van der Waals surface area contributed by atoms with Crippen molar-refractivity contribution < 1.29 is 14.7 Å². The molecule has 0 fully saturated rings. The van der Waals surface area contributed by atoms with Crippen LogP contribution >= 0.6 is 0 Å². The molecule has 4 N–H and O–H groups in total. The molecule has 1 amide bonds. The van der Waals surface area contributed by atoms with Crippen LogP contribution in [0.15, 0.2) is 60.7 Å². The second kappa shape index (κ2) is 7.91. The van der Waals surface area contributed by atoms with E-state index in [4.69, 9.17) is 5.73 Å². The third kappa shape index (κ3) is 3.92. The van der Waals surface area contributed by atoms with Crippen LogP contribution in [0.25, 0.3) is 21.9 Å². The van der Waals surface area contributed by atoms with Crippen molar-refractivity contribution in [1.29, 1.82) is 0 Å². The lowest BCUT2D eigenvalue weighted by Crippen LogP contribution is -2.40. The Hall–Kier alpha value is -3.34. The fourth-order valence-corrected chi connectivity index (χ4v) is 3.23. The van der Waals surface area contributed by atoms with Crippen molar-refractivity contribution in [1.82, 2.24) is 5.32 Å². The fraction of sp³-hybridized carbons (Fsp3) is 0.182. The molecule has 0 saturated heterocycles. The molecular formula is C22H22N2O3. The van der Waals surface area contributed by atoms with Crippen LogP contribution in [0.1, 0.15) is 30.1 Å². The lowest BCUT2D eigenvalue weighted by molar-refractivity contribution is -0.139. The van der Waals surface area contributed by atoms with E-state index in [9.17, 15) is 14.7 Å². The number of carboxylic acid groups (broad SMARTS) is 1. The zero-order valence-corrected chi connectivity index (χ0v) is 15.1. The second-order valence-electron chi connectivity index (χ2n) is 6.48. The van der Waals surface area contributed by atoms with Gasteiger partial charge in [0.2, 0.25) is 0 Å². The molecule has 1 atom stereocenters. The third-order valence-electron chi connectivity index (χ3n) is 4.55. The van der Waals surface area contributed by atoms with Crippen molar-refractivity contribution in [2.75, 3.05) is 5.73 Å². The summed E-state index contributed by atoms with van der Waals surface area (Å²) in [7, 11) is 0. The number of amides is 1. The molecule has 0 bridgehead atoms. The minimum absolute atomic E-state index is 0.375. The predicted molar refractivity (Wildman–Crippen MR) is 108 cm³/mol. The molecule has 3 rings (SSSR count). The van der Waals surface area contributed by atoms with Gasteiger partial charge < -0.3 is 16.2 Å². The highest BCUT2D eigenvalue weighted by Crippen LogP contribution is 2.32. The Kier molecular flexibility index (Phi) is 5.41. The van der Waals surface area contributed by atoms with Gasteiger partial charge in [0.05, 0.1) is 0 Å². The summed E-state index contributed by atoms with van der Waals surface area (Å²) in [5.74, 6) is -1.45. The second-order valence-corrected chi connectivity index (χ2v) is 6.48. The Morgan fingerprint density at radius 3 is 2.52 bits per heavy atom. The van der Waals surface area contributed by atoms with Gasteiger partial charge in [-0.1, -0.05) is 55.8 Å². The van der Waals surface area contributed by atoms with Gasteiger partial charge >= 0.3 is 5.97 Å². The van der Waals surface area contributed by atoms with E-state index in [2.05, 4.69) is 5.32 Å². The van der Waals surface area contributed by atoms with Crippen LogP contribution in [-0.4, -0.2) is 23.0 Å². The molecule has 3 aromatic carbocycles. The monoisotopic (exact) mass is 362 g/mol. The number of anilines is 1. The van der Waals surface area contributed by atoms with Gasteiger partial charge in [-0.3, -0.25) is 4.79 Å². The van der Waals surface area contributed by atoms with E-state index >= 15 is 0 Å². The summed E-state index contributed by atoms with van der Waals surface area (Å²) in [6.07, 6.45) is 1.04. The van der Waals surface area contributed by atoms with E-state index in [1.165, 1.54) is 0 Å². The first-order valence-electron chi connectivity index (χ1n) is 8.92. The van der Waals surface area contributed by atoms with Crippen LogP contribution < -0.4 is 11.1 Å². The average molecular weight is 362 g/mol. The van der Waals surface area contributed by atoms with Gasteiger partial charge in [-0.25, -0.2) is 4.79 Å². The molecule has 27 heavy (non-hydrogen) atoms. The van der Waals surface area contributed by atoms with Crippen molar-refractivity contribution in [3.63, 3.8) is 0 Å². The summed E-state index contributed by atoms with van der Waals surface area (Å²) in [5.41, 5.74) is 8.49. The Morgan fingerprint density at radius 1 is 1.04 bits per heavy atom. The van der Waals surface area contributed by atoms with Crippen molar-refractivity contribution in [2.45, 2.75) is 25.8 Å². The van der Waals surface area contributed by atoms with E-state index in [-0.39, 0.29) is 0 Å². The van der Waals surface area contributed by atoms with Crippen LogP contribution in [-0.2, 0) is 4.79 Å². The molecule has 0 spiro atoms. The molecule has 138 valence electrons. The van der Waals surface area contributed by atoms with Gasteiger partial charge in [0, 0.05) is 11.3 Å². The van der Waals surface area contributed by atoms with Gasteiger partial charge in [0.15, 0.2) is 0 Å². The zero-order chi connectivity index (χ0) is 19.4. The van der Waals surface area contributed by atoms with Gasteiger partial charge in [-0.2, -0.15) is 0 Å². The maximum atomic E-state index is 12.9. The summed E-state index contributed by atoms with van der Waals surface area (Å²) in [5, 5.41) is 14.0. The number of rotatable bonds is 6. The van der Waals surface area contributed by atoms with Crippen molar-refractivity contribution in [3.8, 4) is 11.1 Å². The molecule has 3 aromatic rings. The Balaban J connectivity index is 2.08. The normalized spacial score (nSPS) is 11.9. The van der Waals surface area contributed by atoms with Gasteiger partial charge in [0.1, 0.15) is 6.04 Å². The van der Waals surface area contributed by atoms with Crippen LogP contribution in [0.2, 0.25) is 0 Å². The zero-order valence-electron chi connectivity index (χ0n) is 15.1. The number of carboxylic acids is 1. The highest BCUT2D eigenvalue weighted by molar-refractivity contribution is 6.07. The number of nitrogens with two attached hydrogens (primary N) is 1. The van der Waals surface area contributed by atoms with Crippen LogP contribution in [0, 0.1) is 0 Å². The minimum Gasteiger partial charge on any atom is -0.480 e. The molecule has 0 heterocycles. The summed E-state index contributed by atoms with van der Waals surface area (Å²) in [4.78, 5) is 24.3. The number of hydrogen-bond donors (Lipinski definition) is 3. The summed E-state index contributed by atoms with van der Waals surface area (Å²) < 4.78 is 0. The van der Waals surface area contributed by atoms with E-state index in [1.807, 2.05) is 49.4 Å². The maximum absolute atomic E-state index is 12.9. The maximum Gasteiger partial charge on any atom is 0.326 e. The Morgan fingerprint density at radius 2 is 1.78 bits per heavy atom. The fourth-order valence-electron chi connectivity index (χ4n) is 3.23. The Labute approximate surface area is 157 Å². The van der Waals surface area contributed by atoms with Gasteiger partial charge in [-0.05, 0) is 46.5 Å². The molecule has 0 saturated carbocycles. The van der Waals surface area contributed by atoms with E-state index < -0.39 is 17.9 Å². The predicted octanol–water partition coefficient (Wildman–Crippen LogP) is 4.07. The van der Waals surface area contributed by atoms with Crippen LogP contribution in [0.3, 0.4) is 0 Å². The van der Waals surface area contributed by atoms with Crippen molar-refractivity contribution >= 4 is 28.3 Å². The average Bonchev–Trinajstić information content (AvgIpc) is 2.67. The number of hydrogen-bond acceptors (Lipinski definition) is 3. The smallest absolute Gasteiger partial charge is 0.326 e. The molecular weight excluding hydrogens is 340 g/mol. The summed E-state index contributed by atoms with van der Waals surface area (Å²) in [6.45, 7) is 1.88. The summed E-state index contributed by atoms with van der Waals surface area (Å²) in [6, 6.07) is 17.9. The van der Waals surface area contributed by atoms with Crippen molar-refractivity contribution in [2.24, 2.45) is 0 Å². The first kappa shape index (κ1) is 18.5. The number of carbonyl (C=O) groups excluding carboxylic acids is 1. The van der Waals surface area contributed by atoms with Gasteiger partial charge in [-0.15, -0.1) is 0 Å². The first-order valence-corrected chi connectivity index (χ1v) is 8.92. The van der Waals surface area contributed by atoms with E-state index in [1.54, 1.807) is 18.2 Å². The lowest BCUT2D eigenvalue weighted by atomic mass is 9.93. The molecule has 0 radical (unpaired) electrons. The molecule has 5 nitrogen and oxygen atoms in total. The lowest BCUT2D eigenvalue weighted by Gasteiger charge is -2.17. The molecule has 5 heteroatoms. The molecule has 0 aliphatic heterocycles. The quantitative estimate of drug-likeness (QED) is 0.576. The van der Waals surface area contributed by atoms with Crippen LogP contribution in [0.5, 0.6) is 0 Å². The SMILES string of the molecule is CCC[C@H](NC(=O)c1ccc(N)cc1-c1cccc2ccccc12)C(=O)O.